The van der Waals surface area contributed by atoms with Crippen molar-refractivity contribution in [1.82, 2.24) is 9.80 Å². The van der Waals surface area contributed by atoms with E-state index in [1.165, 1.54) is 11.3 Å². The Labute approximate surface area is 142 Å². The second-order valence-corrected chi connectivity index (χ2v) is 7.38. The van der Waals surface area contributed by atoms with Crippen LogP contribution in [0.4, 0.5) is 0 Å². The van der Waals surface area contributed by atoms with Crippen molar-refractivity contribution < 1.29 is 4.79 Å². The van der Waals surface area contributed by atoms with E-state index in [0.717, 1.165) is 17.8 Å². The average Bonchev–Trinajstić information content (AvgIpc) is 2.76. The second-order valence-electron chi connectivity index (χ2n) is 5.10. The number of carbonyl (C=O) groups is 1. The summed E-state index contributed by atoms with van der Waals surface area (Å²) in [5.74, 6) is -0.0264. The van der Waals surface area contributed by atoms with Crippen LogP contribution >= 0.6 is 46.1 Å². The zero-order valence-corrected chi connectivity index (χ0v) is 14.4. The maximum absolute atomic E-state index is 12.7. The summed E-state index contributed by atoms with van der Waals surface area (Å²) in [6.45, 7) is 3.18. The van der Waals surface area contributed by atoms with E-state index in [-0.39, 0.29) is 5.91 Å². The molecule has 1 aromatic carbocycles. The van der Waals surface area contributed by atoms with Crippen molar-refractivity contribution in [1.29, 1.82) is 0 Å². The van der Waals surface area contributed by atoms with Crippen LogP contribution in [0.25, 0.3) is 10.1 Å². The Balaban J connectivity index is 1.99. The lowest BCUT2D eigenvalue weighted by Crippen LogP contribution is -2.47. The zero-order valence-electron chi connectivity index (χ0n) is 11.3. The predicted octanol–water partition coefficient (Wildman–Crippen LogP) is 4.25. The largest absolute Gasteiger partial charge is 0.335 e. The van der Waals surface area contributed by atoms with E-state index in [9.17, 15) is 4.79 Å². The molecule has 0 radical (unpaired) electrons. The van der Waals surface area contributed by atoms with Gasteiger partial charge in [-0.15, -0.1) is 11.3 Å². The molecule has 0 atom stereocenters. The lowest BCUT2D eigenvalue weighted by molar-refractivity contribution is 0.0669. The number of hydrogen-bond donors (Lipinski definition) is 0. The molecule has 7 heteroatoms. The van der Waals surface area contributed by atoms with Gasteiger partial charge < -0.3 is 9.80 Å². The lowest BCUT2D eigenvalue weighted by atomic mass is 10.2. The van der Waals surface area contributed by atoms with E-state index in [1.807, 2.05) is 4.90 Å². The van der Waals surface area contributed by atoms with Gasteiger partial charge in [0.15, 0.2) is 0 Å². The normalized spacial score (nSPS) is 16.7. The Bertz CT molecular complexity index is 708. The highest BCUT2D eigenvalue weighted by molar-refractivity contribution is 7.21. The number of fused-ring (bicyclic) bond motifs is 1. The Morgan fingerprint density at radius 3 is 2.48 bits per heavy atom. The van der Waals surface area contributed by atoms with Crippen molar-refractivity contribution in [3.63, 3.8) is 0 Å². The monoisotopic (exact) mass is 362 g/mol. The molecule has 21 heavy (non-hydrogen) atoms. The summed E-state index contributed by atoms with van der Waals surface area (Å²) in [7, 11) is 2.05. The first-order valence-electron chi connectivity index (χ1n) is 6.52. The molecule has 3 nitrogen and oxygen atoms in total. The number of likely N-dealkylation sites (N-methyl/N-ethyl adjacent to an activating group) is 1. The van der Waals surface area contributed by atoms with Gasteiger partial charge in [-0.2, -0.15) is 0 Å². The molecule has 0 saturated carbocycles. The molecule has 0 N–H and O–H groups in total. The number of hydrogen-bond acceptors (Lipinski definition) is 3. The molecule has 1 fully saturated rings. The van der Waals surface area contributed by atoms with Gasteiger partial charge in [-0.3, -0.25) is 4.79 Å². The van der Waals surface area contributed by atoms with Crippen molar-refractivity contribution in [3.05, 3.63) is 32.1 Å². The number of carbonyl (C=O) groups excluding carboxylic acids is 1. The van der Waals surface area contributed by atoms with Crippen LogP contribution in [0.15, 0.2) is 12.1 Å². The maximum atomic E-state index is 12.7. The van der Waals surface area contributed by atoms with Gasteiger partial charge in [0.05, 0.1) is 10.0 Å². The fraction of sp³-hybridized carbons (Fsp3) is 0.357. The third-order valence-electron chi connectivity index (χ3n) is 3.63. The lowest BCUT2D eigenvalue weighted by Gasteiger charge is -2.32. The van der Waals surface area contributed by atoms with Crippen LogP contribution in [0.2, 0.25) is 15.1 Å². The predicted molar refractivity (Wildman–Crippen MR) is 90.3 cm³/mol. The third kappa shape index (κ3) is 2.88. The topological polar surface area (TPSA) is 23.6 Å². The van der Waals surface area contributed by atoms with Crippen LogP contribution in [-0.4, -0.2) is 48.9 Å². The summed E-state index contributed by atoms with van der Waals surface area (Å²) < 4.78 is 0.843. The van der Waals surface area contributed by atoms with Crippen molar-refractivity contribution in [2.75, 3.05) is 33.2 Å². The van der Waals surface area contributed by atoms with Gasteiger partial charge in [0.1, 0.15) is 4.88 Å². The molecule has 0 bridgehead atoms. The number of amides is 1. The van der Waals surface area contributed by atoms with Crippen LogP contribution in [-0.2, 0) is 0 Å². The molecule has 1 saturated heterocycles. The maximum Gasteiger partial charge on any atom is 0.265 e. The van der Waals surface area contributed by atoms with E-state index in [0.29, 0.717) is 38.4 Å². The van der Waals surface area contributed by atoms with Gasteiger partial charge >= 0.3 is 0 Å². The number of nitrogens with zero attached hydrogens (tertiary/aromatic N) is 2. The first-order chi connectivity index (χ1) is 9.97. The minimum atomic E-state index is -0.0264. The molecular weight excluding hydrogens is 351 g/mol. The number of thiophene rings is 1. The molecule has 3 rings (SSSR count). The Morgan fingerprint density at radius 2 is 1.81 bits per heavy atom. The first-order valence-corrected chi connectivity index (χ1v) is 8.47. The summed E-state index contributed by atoms with van der Waals surface area (Å²) in [6, 6.07) is 3.44. The Kier molecular flexibility index (Phi) is 4.35. The van der Waals surface area contributed by atoms with Gasteiger partial charge in [0, 0.05) is 41.3 Å². The highest BCUT2D eigenvalue weighted by atomic mass is 35.5. The molecule has 0 spiro atoms. The molecule has 1 aromatic heterocycles. The van der Waals surface area contributed by atoms with E-state index < -0.39 is 0 Å². The number of piperazine rings is 1. The molecule has 0 unspecified atom stereocenters. The summed E-state index contributed by atoms with van der Waals surface area (Å²) >= 11 is 19.9. The van der Waals surface area contributed by atoms with E-state index >= 15 is 0 Å². The Morgan fingerprint density at radius 1 is 1.14 bits per heavy atom. The minimum Gasteiger partial charge on any atom is -0.335 e. The highest BCUT2D eigenvalue weighted by Gasteiger charge is 2.26. The smallest absolute Gasteiger partial charge is 0.265 e. The standard InChI is InChI=1S/C14H13Cl3N2OS/c1-18-2-4-19(5-3-18)14(20)13-12(17)11-9(16)6-8(15)7-10(11)21-13/h6-7H,2-5H2,1H3. The fourth-order valence-corrected chi connectivity index (χ4v) is 4.74. The molecular formula is C14H13Cl3N2OS. The van der Waals surface area contributed by atoms with Crippen molar-refractivity contribution in [2.45, 2.75) is 0 Å². The van der Waals surface area contributed by atoms with Crippen LogP contribution < -0.4 is 0 Å². The van der Waals surface area contributed by atoms with E-state index in [1.54, 1.807) is 12.1 Å². The van der Waals surface area contributed by atoms with Gasteiger partial charge in [-0.1, -0.05) is 34.8 Å². The quantitative estimate of drug-likeness (QED) is 0.756. The van der Waals surface area contributed by atoms with Crippen LogP contribution in [0.5, 0.6) is 0 Å². The number of benzene rings is 1. The Hall–Kier alpha value is -0.520. The summed E-state index contributed by atoms with van der Waals surface area (Å²) in [6.07, 6.45) is 0. The van der Waals surface area contributed by atoms with Crippen molar-refractivity contribution >= 4 is 62.1 Å². The molecule has 1 aliphatic rings. The van der Waals surface area contributed by atoms with Crippen LogP contribution in [0, 0.1) is 0 Å². The number of rotatable bonds is 1. The average molecular weight is 364 g/mol. The van der Waals surface area contributed by atoms with Gasteiger partial charge in [0.2, 0.25) is 0 Å². The molecule has 0 aliphatic carbocycles. The molecule has 1 aliphatic heterocycles. The van der Waals surface area contributed by atoms with E-state index in [4.69, 9.17) is 34.8 Å². The van der Waals surface area contributed by atoms with Crippen molar-refractivity contribution in [3.8, 4) is 0 Å². The SMILES string of the molecule is CN1CCN(C(=O)c2sc3cc(Cl)cc(Cl)c3c2Cl)CC1. The van der Waals surface area contributed by atoms with Crippen LogP contribution in [0.1, 0.15) is 9.67 Å². The van der Waals surface area contributed by atoms with Gasteiger partial charge in [-0.25, -0.2) is 0 Å². The third-order valence-corrected chi connectivity index (χ3v) is 5.77. The molecule has 2 heterocycles. The van der Waals surface area contributed by atoms with Gasteiger partial charge in [0.25, 0.3) is 5.91 Å². The minimum absolute atomic E-state index is 0.0264. The van der Waals surface area contributed by atoms with Gasteiger partial charge in [-0.05, 0) is 19.2 Å². The summed E-state index contributed by atoms with van der Waals surface area (Å²) in [4.78, 5) is 17.2. The molecule has 2 aromatic rings. The molecule has 112 valence electrons. The summed E-state index contributed by atoms with van der Waals surface area (Å²) in [5.41, 5.74) is 0. The molecule has 1 amide bonds. The highest BCUT2D eigenvalue weighted by Crippen LogP contribution is 2.41. The number of halogens is 3. The first kappa shape index (κ1) is 15.4. The van der Waals surface area contributed by atoms with Crippen LogP contribution in [0.3, 0.4) is 0 Å². The second kappa shape index (κ2) is 5.94. The van der Waals surface area contributed by atoms with E-state index in [2.05, 4.69) is 11.9 Å². The zero-order chi connectivity index (χ0) is 15.1. The van der Waals surface area contributed by atoms with Crippen molar-refractivity contribution in [2.24, 2.45) is 0 Å². The summed E-state index contributed by atoms with van der Waals surface area (Å²) in [5, 5.41) is 2.17. The fourth-order valence-electron chi connectivity index (χ4n) is 2.40.